The molecule has 2 rings (SSSR count). The number of likely N-dealkylation sites (tertiary alicyclic amines) is 1. The lowest BCUT2D eigenvalue weighted by molar-refractivity contribution is -0.159. The predicted molar refractivity (Wildman–Crippen MR) is 68.3 cm³/mol. The number of piperidine rings is 1. The number of hydrogen-bond donors (Lipinski definition) is 1. The van der Waals surface area contributed by atoms with Crippen LogP contribution < -0.4 is 5.73 Å². The minimum Gasteiger partial charge on any atom is -0.467 e. The quantitative estimate of drug-likeness (QED) is 0.733. The first-order valence-electron chi connectivity index (χ1n) is 6.91. The monoisotopic (exact) mass is 270 g/mol. The number of carbonyl (C=O) groups excluding carboxylic acids is 2. The lowest BCUT2D eigenvalue weighted by Gasteiger charge is -2.35. The Morgan fingerprint density at radius 2 is 2.11 bits per heavy atom. The average molecular weight is 270 g/mol. The zero-order valence-corrected chi connectivity index (χ0v) is 11.3. The average Bonchev–Trinajstić information content (AvgIpc) is 2.94. The lowest BCUT2D eigenvalue weighted by atomic mass is 10.0. The first kappa shape index (κ1) is 14.3. The molecule has 0 aliphatic carbocycles. The van der Waals surface area contributed by atoms with Crippen LogP contribution in [0.2, 0.25) is 0 Å². The standard InChI is InChI=1S/C13H22N2O4/c1-18-13(17)10-4-2-3-7-15(10)12(16)11-6-5-9(8-14)19-11/h9-11H,2-8,14H2,1H3. The van der Waals surface area contributed by atoms with Crippen LogP contribution in [0.25, 0.3) is 0 Å². The minimum atomic E-state index is -0.452. The van der Waals surface area contributed by atoms with Crippen molar-refractivity contribution in [3.63, 3.8) is 0 Å². The van der Waals surface area contributed by atoms with Crippen LogP contribution in [0.4, 0.5) is 0 Å². The summed E-state index contributed by atoms with van der Waals surface area (Å²) >= 11 is 0. The summed E-state index contributed by atoms with van der Waals surface area (Å²) in [5, 5.41) is 0. The molecule has 1 amide bonds. The second-order valence-electron chi connectivity index (χ2n) is 5.13. The summed E-state index contributed by atoms with van der Waals surface area (Å²) < 4.78 is 10.4. The fourth-order valence-electron chi connectivity index (χ4n) is 2.82. The van der Waals surface area contributed by atoms with Crippen LogP contribution in [-0.2, 0) is 19.1 Å². The fraction of sp³-hybridized carbons (Fsp3) is 0.846. The molecule has 0 radical (unpaired) electrons. The number of esters is 1. The zero-order valence-electron chi connectivity index (χ0n) is 11.3. The Morgan fingerprint density at radius 3 is 2.74 bits per heavy atom. The number of nitrogens with two attached hydrogens (primary N) is 1. The van der Waals surface area contributed by atoms with Crippen molar-refractivity contribution in [3.05, 3.63) is 0 Å². The molecule has 0 aromatic heterocycles. The molecule has 108 valence electrons. The molecule has 19 heavy (non-hydrogen) atoms. The molecule has 2 saturated heterocycles. The third kappa shape index (κ3) is 3.06. The molecule has 0 spiro atoms. The van der Waals surface area contributed by atoms with Gasteiger partial charge in [0.05, 0.1) is 13.2 Å². The van der Waals surface area contributed by atoms with Crippen LogP contribution in [0.15, 0.2) is 0 Å². The van der Waals surface area contributed by atoms with E-state index in [-0.39, 0.29) is 18.0 Å². The summed E-state index contributed by atoms with van der Waals surface area (Å²) in [6, 6.07) is -0.452. The van der Waals surface area contributed by atoms with Crippen LogP contribution in [0.1, 0.15) is 32.1 Å². The van der Waals surface area contributed by atoms with Crippen LogP contribution >= 0.6 is 0 Å². The Labute approximate surface area is 113 Å². The first-order valence-corrected chi connectivity index (χ1v) is 6.91. The Kier molecular flexibility index (Phi) is 4.76. The number of carbonyl (C=O) groups is 2. The third-order valence-electron chi connectivity index (χ3n) is 3.91. The molecule has 0 aromatic carbocycles. The normalized spacial score (nSPS) is 31.3. The van der Waals surface area contributed by atoms with Crippen molar-refractivity contribution in [3.8, 4) is 0 Å². The Hall–Kier alpha value is -1.14. The van der Waals surface area contributed by atoms with Crippen molar-refractivity contribution < 1.29 is 19.1 Å². The molecular formula is C13H22N2O4. The van der Waals surface area contributed by atoms with E-state index in [0.29, 0.717) is 25.9 Å². The summed E-state index contributed by atoms with van der Waals surface area (Å²) in [5.41, 5.74) is 5.55. The minimum absolute atomic E-state index is 0.0321. The van der Waals surface area contributed by atoms with Gasteiger partial charge in [-0.15, -0.1) is 0 Å². The molecule has 2 N–H and O–H groups in total. The summed E-state index contributed by atoms with van der Waals surface area (Å²) in [4.78, 5) is 25.8. The van der Waals surface area contributed by atoms with E-state index in [1.165, 1.54) is 7.11 Å². The van der Waals surface area contributed by atoms with Gasteiger partial charge in [0.25, 0.3) is 5.91 Å². The summed E-state index contributed by atoms with van der Waals surface area (Å²) in [5.74, 6) is -0.424. The van der Waals surface area contributed by atoms with Crippen molar-refractivity contribution in [1.29, 1.82) is 0 Å². The molecule has 6 heteroatoms. The predicted octanol–water partition coefficient (Wildman–Crippen LogP) is 0.0468. The van der Waals surface area contributed by atoms with Gasteiger partial charge >= 0.3 is 5.97 Å². The van der Waals surface area contributed by atoms with E-state index in [0.717, 1.165) is 19.3 Å². The van der Waals surface area contributed by atoms with Crippen LogP contribution in [0.5, 0.6) is 0 Å². The number of hydrogen-bond acceptors (Lipinski definition) is 5. The van der Waals surface area contributed by atoms with E-state index in [2.05, 4.69) is 0 Å². The summed E-state index contributed by atoms with van der Waals surface area (Å²) in [6.07, 6.45) is 3.56. The van der Waals surface area contributed by atoms with Gasteiger partial charge in [0.1, 0.15) is 12.1 Å². The van der Waals surface area contributed by atoms with Gasteiger partial charge in [-0.2, -0.15) is 0 Å². The molecule has 0 bridgehead atoms. The van der Waals surface area contributed by atoms with Crippen LogP contribution in [-0.4, -0.2) is 55.2 Å². The van der Waals surface area contributed by atoms with Crippen LogP contribution in [0.3, 0.4) is 0 Å². The SMILES string of the molecule is COC(=O)C1CCCCN1C(=O)C1CCC(CN)O1. The van der Waals surface area contributed by atoms with Crippen LogP contribution in [0, 0.1) is 0 Å². The van der Waals surface area contributed by atoms with E-state index in [9.17, 15) is 9.59 Å². The number of rotatable bonds is 3. The molecule has 3 atom stereocenters. The highest BCUT2D eigenvalue weighted by Gasteiger charge is 2.39. The van der Waals surface area contributed by atoms with Crippen molar-refractivity contribution >= 4 is 11.9 Å². The summed E-state index contributed by atoms with van der Waals surface area (Å²) in [7, 11) is 1.36. The number of nitrogens with zero attached hydrogens (tertiary/aromatic N) is 1. The van der Waals surface area contributed by atoms with Gasteiger partial charge in [0.15, 0.2) is 0 Å². The van der Waals surface area contributed by atoms with E-state index in [1.54, 1.807) is 4.90 Å². The molecule has 6 nitrogen and oxygen atoms in total. The maximum atomic E-state index is 12.4. The second-order valence-corrected chi connectivity index (χ2v) is 5.13. The lowest BCUT2D eigenvalue weighted by Crippen LogP contribution is -2.51. The van der Waals surface area contributed by atoms with E-state index in [1.807, 2.05) is 0 Å². The number of methoxy groups -OCH3 is 1. The van der Waals surface area contributed by atoms with Crippen molar-refractivity contribution in [2.75, 3.05) is 20.2 Å². The van der Waals surface area contributed by atoms with Gasteiger partial charge in [-0.1, -0.05) is 0 Å². The van der Waals surface area contributed by atoms with Gasteiger partial charge in [0.2, 0.25) is 0 Å². The number of amides is 1. The molecule has 0 aromatic rings. The Morgan fingerprint density at radius 1 is 1.32 bits per heavy atom. The van der Waals surface area contributed by atoms with Crippen molar-refractivity contribution in [2.24, 2.45) is 5.73 Å². The van der Waals surface area contributed by atoms with E-state index in [4.69, 9.17) is 15.2 Å². The van der Waals surface area contributed by atoms with Gasteiger partial charge < -0.3 is 20.1 Å². The molecular weight excluding hydrogens is 248 g/mol. The van der Waals surface area contributed by atoms with Gasteiger partial charge in [0, 0.05) is 13.1 Å². The fourth-order valence-corrected chi connectivity index (χ4v) is 2.82. The maximum Gasteiger partial charge on any atom is 0.328 e. The van der Waals surface area contributed by atoms with Crippen molar-refractivity contribution in [1.82, 2.24) is 4.90 Å². The molecule has 2 fully saturated rings. The highest BCUT2D eigenvalue weighted by atomic mass is 16.5. The van der Waals surface area contributed by atoms with Crippen molar-refractivity contribution in [2.45, 2.75) is 50.4 Å². The first-order chi connectivity index (χ1) is 9.17. The molecule has 3 unspecified atom stereocenters. The Balaban J connectivity index is 2.01. The van der Waals surface area contributed by atoms with Gasteiger partial charge in [-0.3, -0.25) is 4.79 Å². The Bertz CT molecular complexity index is 348. The molecule has 2 aliphatic rings. The highest BCUT2D eigenvalue weighted by molar-refractivity contribution is 5.87. The topological polar surface area (TPSA) is 81.9 Å². The van der Waals surface area contributed by atoms with E-state index >= 15 is 0 Å². The summed E-state index contributed by atoms with van der Waals surface area (Å²) in [6.45, 7) is 1.04. The second kappa shape index (κ2) is 6.34. The number of ether oxygens (including phenoxy) is 2. The third-order valence-corrected chi connectivity index (χ3v) is 3.91. The smallest absolute Gasteiger partial charge is 0.328 e. The maximum absolute atomic E-state index is 12.4. The zero-order chi connectivity index (χ0) is 13.8. The highest BCUT2D eigenvalue weighted by Crippen LogP contribution is 2.25. The van der Waals surface area contributed by atoms with E-state index < -0.39 is 12.1 Å². The molecule has 2 aliphatic heterocycles. The van der Waals surface area contributed by atoms with Gasteiger partial charge in [-0.25, -0.2) is 4.79 Å². The molecule has 0 saturated carbocycles. The molecule has 2 heterocycles. The largest absolute Gasteiger partial charge is 0.467 e. The van der Waals surface area contributed by atoms with Gasteiger partial charge in [-0.05, 0) is 32.1 Å².